The summed E-state index contributed by atoms with van der Waals surface area (Å²) in [7, 11) is 0. The van der Waals surface area contributed by atoms with Crippen LogP contribution in [-0.4, -0.2) is 37.2 Å². The maximum atomic E-state index is 5.94. The molecule has 1 aliphatic heterocycles. The van der Waals surface area contributed by atoms with E-state index in [1.54, 1.807) is 18.5 Å². The molecule has 0 radical (unpaired) electrons. The number of halogens is 1. The molecule has 0 spiro atoms. The molecule has 0 bridgehead atoms. The summed E-state index contributed by atoms with van der Waals surface area (Å²) in [6.45, 7) is 4.60. The SMILES string of the molecule is CC1c2nnc(COc3cncc(Cl)c3)n2CCN1C1CCCC1. The van der Waals surface area contributed by atoms with E-state index in [9.17, 15) is 0 Å². The summed E-state index contributed by atoms with van der Waals surface area (Å²) in [6.07, 6.45) is 8.59. The predicted octanol–water partition coefficient (Wildman–Crippen LogP) is 3.22. The van der Waals surface area contributed by atoms with E-state index < -0.39 is 0 Å². The standard InChI is InChI=1S/C17H22ClN5O/c1-12-17-21-20-16(11-24-15-8-13(18)9-19-10-15)23(17)7-6-22(12)14-4-2-3-5-14/h8-10,12,14H,2-7,11H2,1H3. The number of rotatable bonds is 4. The third kappa shape index (κ3) is 3.00. The van der Waals surface area contributed by atoms with Crippen LogP contribution in [0.3, 0.4) is 0 Å². The predicted molar refractivity (Wildman–Crippen MR) is 91.0 cm³/mol. The van der Waals surface area contributed by atoms with Crippen LogP contribution in [0.25, 0.3) is 0 Å². The fourth-order valence-electron chi connectivity index (χ4n) is 3.92. The van der Waals surface area contributed by atoms with Crippen LogP contribution >= 0.6 is 11.6 Å². The first kappa shape index (κ1) is 15.8. The lowest BCUT2D eigenvalue weighted by atomic mass is 10.1. The molecule has 128 valence electrons. The Hall–Kier alpha value is -1.66. The zero-order valence-electron chi connectivity index (χ0n) is 13.9. The van der Waals surface area contributed by atoms with Crippen LogP contribution in [0, 0.1) is 0 Å². The first-order chi connectivity index (χ1) is 11.7. The Bertz CT molecular complexity index is 713. The van der Waals surface area contributed by atoms with Crippen molar-refractivity contribution in [1.29, 1.82) is 0 Å². The Labute approximate surface area is 146 Å². The molecule has 2 aromatic heterocycles. The fourth-order valence-corrected chi connectivity index (χ4v) is 4.08. The Balaban J connectivity index is 1.47. The molecular weight excluding hydrogens is 326 g/mol. The average molecular weight is 348 g/mol. The van der Waals surface area contributed by atoms with Crippen molar-refractivity contribution in [2.45, 2.75) is 57.8 Å². The minimum Gasteiger partial charge on any atom is -0.484 e. The summed E-state index contributed by atoms with van der Waals surface area (Å²) in [5.41, 5.74) is 0. The zero-order chi connectivity index (χ0) is 16.5. The van der Waals surface area contributed by atoms with Gasteiger partial charge >= 0.3 is 0 Å². The van der Waals surface area contributed by atoms with Crippen LogP contribution in [0.5, 0.6) is 5.75 Å². The van der Waals surface area contributed by atoms with Gasteiger partial charge in [-0.2, -0.15) is 0 Å². The van der Waals surface area contributed by atoms with Gasteiger partial charge in [-0.15, -0.1) is 10.2 Å². The molecule has 1 unspecified atom stereocenters. The van der Waals surface area contributed by atoms with E-state index in [1.165, 1.54) is 25.7 Å². The number of hydrogen-bond acceptors (Lipinski definition) is 5. The summed E-state index contributed by atoms with van der Waals surface area (Å²) in [5, 5.41) is 9.36. The second-order valence-corrected chi connectivity index (χ2v) is 7.04. The molecule has 6 nitrogen and oxygen atoms in total. The van der Waals surface area contributed by atoms with Crippen LogP contribution in [0.1, 0.15) is 50.3 Å². The molecular formula is C17H22ClN5O. The number of ether oxygens (including phenoxy) is 1. The maximum absolute atomic E-state index is 5.94. The molecule has 0 amide bonds. The molecule has 0 saturated heterocycles. The van der Waals surface area contributed by atoms with Gasteiger partial charge in [0, 0.05) is 31.4 Å². The molecule has 24 heavy (non-hydrogen) atoms. The van der Waals surface area contributed by atoms with Crippen molar-refractivity contribution in [1.82, 2.24) is 24.6 Å². The smallest absolute Gasteiger partial charge is 0.171 e. The summed E-state index contributed by atoms with van der Waals surface area (Å²) < 4.78 is 7.98. The normalized spacial score (nSPS) is 21.8. The minimum atomic E-state index is 0.316. The van der Waals surface area contributed by atoms with E-state index in [0.29, 0.717) is 29.5 Å². The highest BCUT2D eigenvalue weighted by Crippen LogP contribution is 2.33. The van der Waals surface area contributed by atoms with Gasteiger partial charge in [0.2, 0.25) is 0 Å². The zero-order valence-corrected chi connectivity index (χ0v) is 14.6. The molecule has 3 heterocycles. The highest BCUT2D eigenvalue weighted by atomic mass is 35.5. The van der Waals surface area contributed by atoms with E-state index >= 15 is 0 Å². The highest BCUT2D eigenvalue weighted by Gasteiger charge is 2.33. The number of nitrogens with zero attached hydrogens (tertiary/aromatic N) is 5. The Morgan fingerprint density at radius 1 is 1.21 bits per heavy atom. The van der Waals surface area contributed by atoms with Crippen LogP contribution < -0.4 is 4.74 Å². The molecule has 1 aliphatic carbocycles. The third-order valence-corrected chi connectivity index (χ3v) is 5.36. The molecule has 0 aromatic carbocycles. The quantitative estimate of drug-likeness (QED) is 0.850. The van der Waals surface area contributed by atoms with E-state index in [-0.39, 0.29) is 0 Å². The van der Waals surface area contributed by atoms with Crippen molar-refractivity contribution >= 4 is 11.6 Å². The average Bonchev–Trinajstić information content (AvgIpc) is 3.23. The maximum Gasteiger partial charge on any atom is 0.171 e. The van der Waals surface area contributed by atoms with Crippen molar-refractivity contribution in [3.05, 3.63) is 35.1 Å². The van der Waals surface area contributed by atoms with E-state index in [2.05, 4.69) is 31.6 Å². The first-order valence-electron chi connectivity index (χ1n) is 8.63. The lowest BCUT2D eigenvalue weighted by Gasteiger charge is -2.37. The molecule has 1 atom stereocenters. The van der Waals surface area contributed by atoms with Crippen molar-refractivity contribution in [3.63, 3.8) is 0 Å². The summed E-state index contributed by atoms with van der Waals surface area (Å²) in [5.74, 6) is 2.56. The van der Waals surface area contributed by atoms with E-state index in [0.717, 1.165) is 24.7 Å². The number of pyridine rings is 1. The molecule has 1 fully saturated rings. The second kappa shape index (κ2) is 6.69. The van der Waals surface area contributed by atoms with Gasteiger partial charge in [0.15, 0.2) is 5.82 Å². The van der Waals surface area contributed by atoms with Crippen molar-refractivity contribution < 1.29 is 4.74 Å². The van der Waals surface area contributed by atoms with Crippen LogP contribution in [0.4, 0.5) is 0 Å². The molecule has 7 heteroatoms. The molecule has 4 rings (SSSR count). The van der Waals surface area contributed by atoms with E-state index in [1.807, 2.05) is 0 Å². The fraction of sp³-hybridized carbons (Fsp3) is 0.588. The number of fused-ring (bicyclic) bond motifs is 1. The summed E-state index contributed by atoms with van der Waals surface area (Å²) >= 11 is 5.94. The van der Waals surface area contributed by atoms with Gasteiger partial charge < -0.3 is 9.30 Å². The van der Waals surface area contributed by atoms with E-state index in [4.69, 9.17) is 16.3 Å². The van der Waals surface area contributed by atoms with Crippen molar-refractivity contribution in [2.24, 2.45) is 0 Å². The van der Waals surface area contributed by atoms with Gasteiger partial charge in [0.25, 0.3) is 0 Å². The largest absolute Gasteiger partial charge is 0.484 e. The Morgan fingerprint density at radius 3 is 2.83 bits per heavy atom. The van der Waals surface area contributed by atoms with Gasteiger partial charge in [-0.25, -0.2) is 0 Å². The van der Waals surface area contributed by atoms with Gasteiger partial charge in [-0.1, -0.05) is 24.4 Å². The number of hydrogen-bond donors (Lipinski definition) is 0. The number of aromatic nitrogens is 4. The Kier molecular flexibility index (Phi) is 4.41. The summed E-state index contributed by atoms with van der Waals surface area (Å²) in [6, 6.07) is 2.78. The van der Waals surface area contributed by atoms with Gasteiger partial charge in [0.05, 0.1) is 17.3 Å². The molecule has 2 aromatic rings. The van der Waals surface area contributed by atoms with Crippen LogP contribution in [0.15, 0.2) is 18.5 Å². The highest BCUT2D eigenvalue weighted by molar-refractivity contribution is 6.30. The lowest BCUT2D eigenvalue weighted by molar-refractivity contribution is 0.108. The van der Waals surface area contributed by atoms with Gasteiger partial charge in [-0.3, -0.25) is 9.88 Å². The Morgan fingerprint density at radius 2 is 2.04 bits per heavy atom. The van der Waals surface area contributed by atoms with Crippen molar-refractivity contribution in [2.75, 3.05) is 6.54 Å². The molecule has 1 saturated carbocycles. The van der Waals surface area contributed by atoms with Crippen molar-refractivity contribution in [3.8, 4) is 5.75 Å². The lowest BCUT2D eigenvalue weighted by Crippen LogP contribution is -2.43. The first-order valence-corrected chi connectivity index (χ1v) is 9.01. The third-order valence-electron chi connectivity index (χ3n) is 5.15. The summed E-state index contributed by atoms with van der Waals surface area (Å²) in [4.78, 5) is 6.63. The topological polar surface area (TPSA) is 56.1 Å². The minimum absolute atomic E-state index is 0.316. The molecule has 0 N–H and O–H groups in total. The molecule has 2 aliphatic rings. The van der Waals surface area contributed by atoms with Gasteiger partial charge in [0.1, 0.15) is 18.2 Å². The van der Waals surface area contributed by atoms with Crippen LogP contribution in [-0.2, 0) is 13.2 Å². The second-order valence-electron chi connectivity index (χ2n) is 6.61. The van der Waals surface area contributed by atoms with Gasteiger partial charge in [-0.05, 0) is 19.8 Å². The monoisotopic (exact) mass is 347 g/mol. The van der Waals surface area contributed by atoms with Crippen LogP contribution in [0.2, 0.25) is 5.02 Å².